The smallest absolute Gasteiger partial charge is 0.250 e. The second-order valence-electron chi connectivity index (χ2n) is 6.48. The number of nitrogens with one attached hydrogen (secondary N) is 1. The van der Waals surface area contributed by atoms with Gasteiger partial charge in [0.25, 0.3) is 5.91 Å². The summed E-state index contributed by atoms with van der Waals surface area (Å²) in [6, 6.07) is 26.3. The molecule has 0 bridgehead atoms. The van der Waals surface area contributed by atoms with Gasteiger partial charge in [-0.1, -0.05) is 72.4 Å². The third kappa shape index (κ3) is 4.99. The molecule has 1 aromatic heterocycles. The number of aromatic hydroxyl groups is 1. The van der Waals surface area contributed by atoms with Gasteiger partial charge in [-0.2, -0.15) is 5.10 Å². The lowest BCUT2D eigenvalue weighted by Gasteiger charge is -2.10. The van der Waals surface area contributed by atoms with E-state index in [1.54, 1.807) is 24.3 Å². The number of phenolic OH excluding ortho intramolecular Hbond substituents is 1. The van der Waals surface area contributed by atoms with Crippen molar-refractivity contribution in [2.45, 2.75) is 5.16 Å². The average molecular weight is 430 g/mol. The Labute approximate surface area is 183 Å². The first-order valence-corrected chi connectivity index (χ1v) is 10.5. The standard InChI is InChI=1S/C23H19N5O2S/c29-20-14-8-7-11-18(20)15-24-25-21(30)16-31-23-27-26-22(17-9-3-1-4-10-17)28(23)19-12-5-2-6-13-19/h1-15,29H,16H2,(H,25,30)/b24-15+. The summed E-state index contributed by atoms with van der Waals surface area (Å²) in [5.41, 5.74) is 4.83. The van der Waals surface area contributed by atoms with Crippen LogP contribution in [0.3, 0.4) is 0 Å². The van der Waals surface area contributed by atoms with Gasteiger partial charge in [-0.3, -0.25) is 9.36 Å². The average Bonchev–Trinajstić information content (AvgIpc) is 3.24. The number of hydrazone groups is 1. The first kappa shape index (κ1) is 20.4. The molecule has 0 fully saturated rings. The molecule has 8 heteroatoms. The van der Waals surface area contributed by atoms with E-state index >= 15 is 0 Å². The summed E-state index contributed by atoms with van der Waals surface area (Å²) in [6.45, 7) is 0. The molecule has 1 heterocycles. The van der Waals surface area contributed by atoms with Crippen LogP contribution in [0.1, 0.15) is 5.56 Å². The largest absolute Gasteiger partial charge is 0.507 e. The van der Waals surface area contributed by atoms with Gasteiger partial charge in [-0.05, 0) is 24.3 Å². The van der Waals surface area contributed by atoms with Crippen LogP contribution in [0.5, 0.6) is 5.75 Å². The van der Waals surface area contributed by atoms with Crippen LogP contribution in [0.4, 0.5) is 0 Å². The van der Waals surface area contributed by atoms with Gasteiger partial charge in [0.15, 0.2) is 11.0 Å². The number of rotatable bonds is 7. The predicted octanol–water partition coefficient (Wildman–Crippen LogP) is 3.88. The molecule has 0 unspecified atom stereocenters. The summed E-state index contributed by atoms with van der Waals surface area (Å²) < 4.78 is 1.93. The molecule has 0 saturated heterocycles. The molecule has 0 atom stereocenters. The van der Waals surface area contributed by atoms with Gasteiger partial charge in [0.1, 0.15) is 5.75 Å². The highest BCUT2D eigenvalue weighted by Crippen LogP contribution is 2.27. The lowest BCUT2D eigenvalue weighted by molar-refractivity contribution is -0.118. The molecule has 154 valence electrons. The molecule has 0 aliphatic rings. The van der Waals surface area contributed by atoms with Crippen molar-refractivity contribution in [3.05, 3.63) is 90.5 Å². The minimum atomic E-state index is -0.291. The van der Waals surface area contributed by atoms with Crippen LogP contribution in [-0.2, 0) is 4.79 Å². The number of benzene rings is 3. The summed E-state index contributed by atoms with van der Waals surface area (Å²) in [6.07, 6.45) is 1.40. The van der Waals surface area contributed by atoms with Gasteiger partial charge in [0, 0.05) is 16.8 Å². The van der Waals surface area contributed by atoms with Gasteiger partial charge >= 0.3 is 0 Å². The number of carbonyl (C=O) groups is 1. The molecule has 0 saturated carbocycles. The van der Waals surface area contributed by atoms with Crippen molar-refractivity contribution in [1.29, 1.82) is 0 Å². The molecule has 3 aromatic carbocycles. The maximum Gasteiger partial charge on any atom is 0.250 e. The van der Waals surface area contributed by atoms with Crippen LogP contribution in [0.25, 0.3) is 17.1 Å². The lowest BCUT2D eigenvalue weighted by atomic mass is 10.2. The SMILES string of the molecule is O=C(CSc1nnc(-c2ccccc2)n1-c1ccccc1)N/N=C/c1ccccc1O. The molecule has 0 aliphatic carbocycles. The minimum absolute atomic E-state index is 0.0966. The molecule has 0 spiro atoms. The first-order valence-electron chi connectivity index (χ1n) is 9.51. The van der Waals surface area contributed by atoms with E-state index in [0.29, 0.717) is 16.5 Å². The third-order valence-corrected chi connectivity index (χ3v) is 5.27. The van der Waals surface area contributed by atoms with Crippen LogP contribution >= 0.6 is 11.8 Å². The summed E-state index contributed by atoms with van der Waals surface area (Å²) >= 11 is 1.27. The van der Waals surface area contributed by atoms with E-state index in [1.165, 1.54) is 18.0 Å². The second-order valence-corrected chi connectivity index (χ2v) is 7.43. The molecule has 4 aromatic rings. The Bertz CT molecular complexity index is 1190. The maximum absolute atomic E-state index is 12.3. The number of phenols is 1. The molecule has 0 radical (unpaired) electrons. The van der Waals surface area contributed by atoms with Crippen LogP contribution in [0, 0.1) is 0 Å². The third-order valence-electron chi connectivity index (χ3n) is 4.34. The van der Waals surface area contributed by atoms with Crippen LogP contribution in [0.2, 0.25) is 0 Å². The van der Waals surface area contributed by atoms with Crippen LogP contribution in [0.15, 0.2) is 95.2 Å². The maximum atomic E-state index is 12.3. The monoisotopic (exact) mass is 429 g/mol. The normalized spacial score (nSPS) is 11.0. The van der Waals surface area contributed by atoms with Gasteiger partial charge in [0.2, 0.25) is 0 Å². The molecule has 2 N–H and O–H groups in total. The topological polar surface area (TPSA) is 92.4 Å². The van der Waals surface area contributed by atoms with E-state index in [-0.39, 0.29) is 17.4 Å². The van der Waals surface area contributed by atoms with Gasteiger partial charge < -0.3 is 5.11 Å². The Morgan fingerprint density at radius 3 is 2.39 bits per heavy atom. The fourth-order valence-corrected chi connectivity index (χ4v) is 3.62. The van der Waals surface area contributed by atoms with Gasteiger partial charge in [0.05, 0.1) is 12.0 Å². The molecular formula is C23H19N5O2S. The number of carbonyl (C=O) groups excluding carboxylic acids is 1. The van der Waals surface area contributed by atoms with Crippen molar-refractivity contribution in [2.75, 3.05) is 5.75 Å². The zero-order valence-electron chi connectivity index (χ0n) is 16.4. The zero-order valence-corrected chi connectivity index (χ0v) is 17.2. The fraction of sp³-hybridized carbons (Fsp3) is 0.0435. The van der Waals surface area contributed by atoms with Gasteiger partial charge in [-0.15, -0.1) is 10.2 Å². The highest BCUT2D eigenvalue weighted by molar-refractivity contribution is 7.99. The van der Waals surface area contributed by atoms with Crippen molar-refractivity contribution in [2.24, 2.45) is 5.10 Å². The van der Waals surface area contributed by atoms with Gasteiger partial charge in [-0.25, -0.2) is 5.43 Å². The Morgan fingerprint density at radius 2 is 1.65 bits per heavy atom. The van der Waals surface area contributed by atoms with E-state index in [0.717, 1.165) is 11.3 Å². The highest BCUT2D eigenvalue weighted by atomic mass is 32.2. The van der Waals surface area contributed by atoms with Crippen LogP contribution < -0.4 is 5.43 Å². The van der Waals surface area contributed by atoms with E-state index in [9.17, 15) is 9.90 Å². The predicted molar refractivity (Wildman–Crippen MR) is 121 cm³/mol. The zero-order chi connectivity index (χ0) is 21.5. The number of amides is 1. The molecule has 1 amide bonds. The summed E-state index contributed by atoms with van der Waals surface area (Å²) in [5.74, 6) is 0.616. The highest BCUT2D eigenvalue weighted by Gasteiger charge is 2.17. The molecule has 0 aliphatic heterocycles. The number of hydrogen-bond donors (Lipinski definition) is 2. The van der Waals surface area contributed by atoms with Crippen molar-refractivity contribution in [3.8, 4) is 22.8 Å². The Hall–Kier alpha value is -3.91. The van der Waals surface area contributed by atoms with Crippen molar-refractivity contribution < 1.29 is 9.90 Å². The summed E-state index contributed by atoms with van der Waals surface area (Å²) in [4.78, 5) is 12.3. The Morgan fingerprint density at radius 1 is 0.968 bits per heavy atom. The number of thioether (sulfide) groups is 1. The van der Waals surface area contributed by atoms with E-state index in [1.807, 2.05) is 65.2 Å². The first-order chi connectivity index (χ1) is 15.2. The fourth-order valence-electron chi connectivity index (χ4n) is 2.88. The quantitative estimate of drug-likeness (QED) is 0.264. The second kappa shape index (κ2) is 9.73. The van der Waals surface area contributed by atoms with Crippen molar-refractivity contribution in [1.82, 2.24) is 20.2 Å². The van der Waals surface area contributed by atoms with Crippen molar-refractivity contribution in [3.63, 3.8) is 0 Å². The summed E-state index contributed by atoms with van der Waals surface area (Å²) in [7, 11) is 0. The van der Waals surface area contributed by atoms with E-state index in [2.05, 4.69) is 20.7 Å². The Balaban J connectivity index is 1.49. The lowest BCUT2D eigenvalue weighted by Crippen LogP contribution is -2.20. The molecular weight excluding hydrogens is 410 g/mol. The van der Waals surface area contributed by atoms with E-state index < -0.39 is 0 Å². The van der Waals surface area contributed by atoms with Crippen LogP contribution in [-0.4, -0.2) is 37.7 Å². The molecule has 7 nitrogen and oxygen atoms in total. The number of aromatic nitrogens is 3. The van der Waals surface area contributed by atoms with Crippen molar-refractivity contribution >= 4 is 23.9 Å². The molecule has 31 heavy (non-hydrogen) atoms. The minimum Gasteiger partial charge on any atom is -0.507 e. The summed E-state index contributed by atoms with van der Waals surface area (Å²) in [5, 5.41) is 22.9. The molecule has 4 rings (SSSR count). The Kier molecular flexibility index (Phi) is 6.39. The van der Waals surface area contributed by atoms with E-state index in [4.69, 9.17) is 0 Å². The number of para-hydroxylation sites is 2. The number of nitrogens with zero attached hydrogens (tertiary/aromatic N) is 4. The number of hydrogen-bond acceptors (Lipinski definition) is 6.